The van der Waals surface area contributed by atoms with Crippen molar-refractivity contribution >= 4 is 22.5 Å². The zero-order valence-electron chi connectivity index (χ0n) is 13.4. The Balaban J connectivity index is 2.51. The molecule has 0 aliphatic rings. The van der Waals surface area contributed by atoms with Crippen LogP contribution in [0.5, 0.6) is 5.75 Å². The second-order valence-electron chi connectivity index (χ2n) is 6.94. The molecule has 2 heterocycles. The molecule has 2 aromatic heterocycles. The quantitative estimate of drug-likeness (QED) is 0.708. The van der Waals surface area contributed by atoms with Crippen LogP contribution in [-0.4, -0.2) is 19.5 Å². The lowest BCUT2D eigenvalue weighted by atomic mass is 9.89. The molecule has 0 spiro atoms. The third-order valence-electron chi connectivity index (χ3n) is 3.63. The highest BCUT2D eigenvalue weighted by atomic mass is 19.4. The number of phenolic OH excluding ortho intramolecular Hbond substituents is 1. The average Bonchev–Trinajstić information content (AvgIpc) is 2.78. The molecule has 24 heavy (non-hydrogen) atoms. The van der Waals surface area contributed by atoms with E-state index in [2.05, 4.69) is 9.97 Å². The average molecular weight is 338 g/mol. The molecule has 128 valence electrons. The predicted molar refractivity (Wildman–Crippen MR) is 84.7 cm³/mol. The van der Waals surface area contributed by atoms with Gasteiger partial charge in [-0.15, -0.1) is 0 Å². The number of halogens is 3. The first-order valence-electron chi connectivity index (χ1n) is 7.35. The maximum absolute atomic E-state index is 13.5. The number of nitrogens with two attached hydrogens (primary N) is 1. The summed E-state index contributed by atoms with van der Waals surface area (Å²) in [6.45, 7) is 5.53. The summed E-state index contributed by atoms with van der Waals surface area (Å²) in [7, 11) is 0. The van der Waals surface area contributed by atoms with Crippen molar-refractivity contribution in [3.63, 3.8) is 0 Å². The second-order valence-corrected chi connectivity index (χ2v) is 6.94. The number of hydrogen-bond donors (Lipinski definition) is 2. The van der Waals surface area contributed by atoms with Crippen LogP contribution in [-0.2, 0) is 12.6 Å². The Labute approximate surface area is 135 Å². The molecule has 1 aromatic carbocycles. The zero-order chi connectivity index (χ0) is 17.9. The number of nitrogens with zero attached hydrogens (tertiary/aromatic N) is 3. The van der Waals surface area contributed by atoms with Crippen molar-refractivity contribution in [1.82, 2.24) is 14.4 Å². The van der Waals surface area contributed by atoms with Crippen LogP contribution in [0.1, 0.15) is 32.2 Å². The minimum Gasteiger partial charge on any atom is -0.506 e. The lowest BCUT2D eigenvalue weighted by Gasteiger charge is -2.20. The summed E-state index contributed by atoms with van der Waals surface area (Å²) in [6.07, 6.45) is -4.47. The highest BCUT2D eigenvalue weighted by Crippen LogP contribution is 2.37. The molecular formula is C16H17F3N4O. The van der Waals surface area contributed by atoms with E-state index in [1.807, 2.05) is 20.8 Å². The topological polar surface area (TPSA) is 76.4 Å². The number of benzene rings is 1. The van der Waals surface area contributed by atoms with Crippen LogP contribution >= 0.6 is 0 Å². The Morgan fingerprint density at radius 2 is 1.83 bits per heavy atom. The number of phenols is 1. The van der Waals surface area contributed by atoms with Crippen molar-refractivity contribution in [3.05, 3.63) is 29.6 Å². The Kier molecular flexibility index (Phi) is 3.40. The predicted octanol–water partition coefficient (Wildman–Crippen LogP) is 3.78. The lowest BCUT2D eigenvalue weighted by Crippen LogP contribution is -2.17. The Bertz CT molecular complexity index is 939. The Morgan fingerprint density at radius 1 is 1.17 bits per heavy atom. The SMILES string of the molecule is CC(C)(C)Cc1c(C(F)(F)F)nc2c(N)nc3c(O)cccc3n12. The molecule has 0 radical (unpaired) electrons. The fraction of sp³-hybridized carbons (Fsp3) is 0.375. The van der Waals surface area contributed by atoms with Crippen molar-refractivity contribution in [2.24, 2.45) is 5.41 Å². The fourth-order valence-electron chi connectivity index (χ4n) is 2.76. The molecule has 3 rings (SSSR count). The monoisotopic (exact) mass is 338 g/mol. The van der Waals surface area contributed by atoms with Gasteiger partial charge in [0.15, 0.2) is 17.2 Å². The van der Waals surface area contributed by atoms with E-state index in [4.69, 9.17) is 5.73 Å². The van der Waals surface area contributed by atoms with Gasteiger partial charge in [0.2, 0.25) is 0 Å². The maximum Gasteiger partial charge on any atom is 0.435 e. The first-order chi connectivity index (χ1) is 11.0. The summed E-state index contributed by atoms with van der Waals surface area (Å²) in [6, 6.07) is 4.54. The van der Waals surface area contributed by atoms with Gasteiger partial charge >= 0.3 is 6.18 Å². The van der Waals surface area contributed by atoms with Gasteiger partial charge in [-0.2, -0.15) is 13.2 Å². The van der Waals surface area contributed by atoms with Crippen LogP contribution < -0.4 is 5.73 Å². The van der Waals surface area contributed by atoms with Crippen LogP contribution in [0.25, 0.3) is 16.7 Å². The van der Waals surface area contributed by atoms with Crippen molar-refractivity contribution in [2.45, 2.75) is 33.4 Å². The number of nitrogen functional groups attached to an aromatic ring is 1. The molecule has 0 unspecified atom stereocenters. The summed E-state index contributed by atoms with van der Waals surface area (Å²) >= 11 is 0. The van der Waals surface area contributed by atoms with E-state index < -0.39 is 17.3 Å². The number of fused-ring (bicyclic) bond motifs is 3. The van der Waals surface area contributed by atoms with Crippen LogP contribution in [0.3, 0.4) is 0 Å². The molecular weight excluding hydrogens is 321 g/mol. The summed E-state index contributed by atoms with van der Waals surface area (Å²) in [4.78, 5) is 7.73. The molecule has 0 atom stereocenters. The van der Waals surface area contributed by atoms with Gasteiger partial charge in [-0.3, -0.25) is 4.40 Å². The third-order valence-corrected chi connectivity index (χ3v) is 3.63. The van der Waals surface area contributed by atoms with Gasteiger partial charge in [0.25, 0.3) is 0 Å². The van der Waals surface area contributed by atoms with Crippen LogP contribution in [0.2, 0.25) is 0 Å². The highest BCUT2D eigenvalue weighted by molar-refractivity contribution is 5.87. The van der Waals surface area contributed by atoms with Gasteiger partial charge in [-0.05, 0) is 24.0 Å². The van der Waals surface area contributed by atoms with Crippen molar-refractivity contribution < 1.29 is 18.3 Å². The van der Waals surface area contributed by atoms with Gasteiger partial charge < -0.3 is 10.8 Å². The Hall–Kier alpha value is -2.51. The maximum atomic E-state index is 13.5. The minimum absolute atomic E-state index is 0.00898. The number of para-hydroxylation sites is 1. The summed E-state index contributed by atoms with van der Waals surface area (Å²) in [5.41, 5.74) is 4.86. The molecule has 0 saturated carbocycles. The lowest BCUT2D eigenvalue weighted by molar-refractivity contribution is -0.141. The number of rotatable bonds is 1. The molecule has 5 nitrogen and oxygen atoms in total. The van der Waals surface area contributed by atoms with Crippen LogP contribution in [0.15, 0.2) is 18.2 Å². The van der Waals surface area contributed by atoms with Crippen molar-refractivity contribution in [3.8, 4) is 5.75 Å². The molecule has 3 aromatic rings. The number of alkyl halides is 3. The number of imidazole rings is 1. The molecule has 0 amide bonds. The third kappa shape index (κ3) is 2.61. The van der Waals surface area contributed by atoms with Crippen LogP contribution in [0.4, 0.5) is 19.0 Å². The number of hydrogen-bond acceptors (Lipinski definition) is 4. The Morgan fingerprint density at radius 3 is 2.42 bits per heavy atom. The number of aromatic hydroxyl groups is 1. The molecule has 0 aliphatic heterocycles. The van der Waals surface area contributed by atoms with Gasteiger partial charge in [-0.1, -0.05) is 26.8 Å². The van der Waals surface area contributed by atoms with E-state index in [-0.39, 0.29) is 34.8 Å². The van der Waals surface area contributed by atoms with E-state index in [0.29, 0.717) is 5.52 Å². The summed E-state index contributed by atoms with van der Waals surface area (Å²) < 4.78 is 41.8. The molecule has 0 saturated heterocycles. The van der Waals surface area contributed by atoms with Gasteiger partial charge in [0, 0.05) is 0 Å². The van der Waals surface area contributed by atoms with E-state index in [1.165, 1.54) is 10.5 Å². The fourth-order valence-corrected chi connectivity index (χ4v) is 2.76. The first-order valence-corrected chi connectivity index (χ1v) is 7.35. The molecule has 0 bridgehead atoms. The smallest absolute Gasteiger partial charge is 0.435 e. The number of aromatic nitrogens is 3. The van der Waals surface area contributed by atoms with Gasteiger partial charge in [0.05, 0.1) is 11.2 Å². The van der Waals surface area contributed by atoms with E-state index in [0.717, 1.165) is 0 Å². The number of anilines is 1. The van der Waals surface area contributed by atoms with Crippen molar-refractivity contribution in [1.29, 1.82) is 0 Å². The molecule has 3 N–H and O–H groups in total. The summed E-state index contributed by atoms with van der Waals surface area (Å²) in [5, 5.41) is 9.97. The van der Waals surface area contributed by atoms with Crippen molar-refractivity contribution in [2.75, 3.05) is 5.73 Å². The normalized spacial score (nSPS) is 13.1. The van der Waals surface area contributed by atoms with Gasteiger partial charge in [0.1, 0.15) is 11.3 Å². The largest absolute Gasteiger partial charge is 0.506 e. The molecule has 0 aliphatic carbocycles. The van der Waals surface area contributed by atoms with E-state index in [1.54, 1.807) is 12.1 Å². The van der Waals surface area contributed by atoms with E-state index in [9.17, 15) is 18.3 Å². The van der Waals surface area contributed by atoms with E-state index >= 15 is 0 Å². The van der Waals surface area contributed by atoms with Gasteiger partial charge in [-0.25, -0.2) is 9.97 Å². The standard InChI is InChI=1S/C16H17F3N4O/c1-15(2,3)7-9-12(16(17,18)19)22-14-13(20)21-11-8(23(9)14)5-4-6-10(11)24/h4-6,24H,7H2,1-3H3,(H2,20,21). The summed E-state index contributed by atoms with van der Waals surface area (Å²) in [5.74, 6) is -0.306. The molecule has 0 fully saturated rings. The van der Waals surface area contributed by atoms with Crippen LogP contribution in [0, 0.1) is 5.41 Å². The zero-order valence-corrected chi connectivity index (χ0v) is 13.4. The minimum atomic E-state index is -4.61. The first kappa shape index (κ1) is 16.4. The molecule has 8 heteroatoms. The second kappa shape index (κ2) is 4.99. The highest BCUT2D eigenvalue weighted by Gasteiger charge is 2.39.